The maximum atomic E-state index is 5.95. The molecule has 1 aliphatic heterocycles. The van der Waals surface area contributed by atoms with E-state index in [2.05, 4.69) is 28.7 Å². The molecule has 2 rings (SSSR count). The van der Waals surface area contributed by atoms with Crippen molar-refractivity contribution >= 4 is 11.6 Å². The van der Waals surface area contributed by atoms with Gasteiger partial charge < -0.3 is 10.6 Å². The number of anilines is 2. The van der Waals surface area contributed by atoms with Crippen LogP contribution in [0.4, 0.5) is 11.6 Å². The van der Waals surface area contributed by atoms with Crippen LogP contribution in [0.25, 0.3) is 0 Å². The van der Waals surface area contributed by atoms with E-state index in [-0.39, 0.29) is 0 Å². The first-order valence-electron chi connectivity index (χ1n) is 6.53. The molecule has 0 radical (unpaired) electrons. The van der Waals surface area contributed by atoms with Crippen LogP contribution < -0.4 is 10.6 Å². The third kappa shape index (κ3) is 2.35. The van der Waals surface area contributed by atoms with Crippen molar-refractivity contribution in [1.82, 2.24) is 9.97 Å². The van der Waals surface area contributed by atoms with Crippen molar-refractivity contribution in [1.29, 1.82) is 0 Å². The average Bonchev–Trinajstić information content (AvgIpc) is 2.81. The van der Waals surface area contributed by atoms with Gasteiger partial charge in [0, 0.05) is 25.1 Å². The lowest BCUT2D eigenvalue weighted by Gasteiger charge is -2.20. The smallest absolute Gasteiger partial charge is 0.137 e. The van der Waals surface area contributed by atoms with Crippen LogP contribution in [-0.2, 0) is 6.42 Å². The van der Waals surface area contributed by atoms with Crippen LogP contribution in [0.2, 0.25) is 0 Å². The molecule has 1 saturated heterocycles. The van der Waals surface area contributed by atoms with Crippen LogP contribution in [-0.4, -0.2) is 23.1 Å². The van der Waals surface area contributed by atoms with E-state index in [1.54, 1.807) is 0 Å². The molecule has 0 aliphatic carbocycles. The third-order valence-corrected chi connectivity index (χ3v) is 3.68. The minimum atomic E-state index is 0.631. The van der Waals surface area contributed by atoms with Crippen LogP contribution in [0.3, 0.4) is 0 Å². The predicted octanol–water partition coefficient (Wildman–Crippen LogP) is 2.17. The molecule has 0 bridgehead atoms. The molecule has 17 heavy (non-hydrogen) atoms. The number of nitrogens with two attached hydrogens (primary N) is 1. The lowest BCUT2D eigenvalue weighted by molar-refractivity contribution is 0.568. The summed E-state index contributed by atoms with van der Waals surface area (Å²) in [5.41, 5.74) is 6.98. The Bertz CT molecular complexity index is 403. The number of rotatable bonds is 3. The Morgan fingerprint density at radius 1 is 1.35 bits per heavy atom. The fraction of sp³-hybridized carbons (Fsp3) is 0.692. The van der Waals surface area contributed by atoms with Gasteiger partial charge in [-0.25, -0.2) is 9.97 Å². The number of aromatic nitrogens is 2. The molecule has 0 amide bonds. The monoisotopic (exact) mass is 234 g/mol. The van der Waals surface area contributed by atoms with E-state index in [0.717, 1.165) is 42.6 Å². The zero-order valence-corrected chi connectivity index (χ0v) is 11.0. The highest BCUT2D eigenvalue weighted by atomic mass is 15.2. The molecule has 94 valence electrons. The molecule has 1 atom stereocenters. The van der Waals surface area contributed by atoms with Gasteiger partial charge in [0.25, 0.3) is 0 Å². The fourth-order valence-corrected chi connectivity index (χ4v) is 2.39. The van der Waals surface area contributed by atoms with Crippen molar-refractivity contribution in [3.63, 3.8) is 0 Å². The van der Waals surface area contributed by atoms with Crippen molar-refractivity contribution in [2.75, 3.05) is 23.7 Å². The van der Waals surface area contributed by atoms with Gasteiger partial charge in [-0.05, 0) is 19.3 Å². The molecule has 0 spiro atoms. The molecule has 1 aromatic heterocycles. The summed E-state index contributed by atoms with van der Waals surface area (Å²) in [5.74, 6) is 3.33. The van der Waals surface area contributed by atoms with Crippen LogP contribution in [0, 0.1) is 12.8 Å². The minimum Gasteiger partial charge on any atom is -0.383 e. The second-order valence-corrected chi connectivity index (χ2v) is 4.84. The zero-order chi connectivity index (χ0) is 12.4. The van der Waals surface area contributed by atoms with Crippen LogP contribution >= 0.6 is 0 Å². The summed E-state index contributed by atoms with van der Waals surface area (Å²) in [5, 5.41) is 0. The molecule has 2 heterocycles. The van der Waals surface area contributed by atoms with Gasteiger partial charge in [0.2, 0.25) is 0 Å². The van der Waals surface area contributed by atoms with Gasteiger partial charge in [0.1, 0.15) is 17.5 Å². The molecular formula is C13H22N4. The molecule has 1 aliphatic rings. The molecule has 0 aromatic carbocycles. The second-order valence-electron chi connectivity index (χ2n) is 4.84. The molecule has 4 heteroatoms. The van der Waals surface area contributed by atoms with Crippen LogP contribution in [0.1, 0.15) is 38.1 Å². The average molecular weight is 234 g/mol. The van der Waals surface area contributed by atoms with Crippen molar-refractivity contribution in [2.24, 2.45) is 5.92 Å². The second kappa shape index (κ2) is 4.90. The molecule has 1 aromatic rings. The number of aryl methyl sites for hydroxylation is 1. The van der Waals surface area contributed by atoms with Crippen molar-refractivity contribution in [3.8, 4) is 0 Å². The minimum absolute atomic E-state index is 0.631. The zero-order valence-electron chi connectivity index (χ0n) is 11.0. The first-order chi connectivity index (χ1) is 8.15. The summed E-state index contributed by atoms with van der Waals surface area (Å²) >= 11 is 0. The van der Waals surface area contributed by atoms with Crippen LogP contribution in [0.15, 0.2) is 0 Å². The van der Waals surface area contributed by atoms with E-state index >= 15 is 0 Å². The van der Waals surface area contributed by atoms with Gasteiger partial charge in [0.05, 0.1) is 0 Å². The van der Waals surface area contributed by atoms with E-state index in [0.29, 0.717) is 5.82 Å². The summed E-state index contributed by atoms with van der Waals surface area (Å²) in [6.07, 6.45) is 3.35. The molecule has 4 nitrogen and oxygen atoms in total. The molecule has 2 N–H and O–H groups in total. The Balaban J connectivity index is 2.28. The number of hydrogen-bond acceptors (Lipinski definition) is 4. The van der Waals surface area contributed by atoms with Gasteiger partial charge >= 0.3 is 0 Å². The van der Waals surface area contributed by atoms with Gasteiger partial charge in [-0.3, -0.25) is 0 Å². The summed E-state index contributed by atoms with van der Waals surface area (Å²) in [4.78, 5) is 11.3. The van der Waals surface area contributed by atoms with E-state index in [1.807, 2.05) is 6.92 Å². The largest absolute Gasteiger partial charge is 0.383 e. The van der Waals surface area contributed by atoms with Gasteiger partial charge in [0.15, 0.2) is 0 Å². The lowest BCUT2D eigenvalue weighted by Crippen LogP contribution is -2.23. The summed E-state index contributed by atoms with van der Waals surface area (Å²) in [7, 11) is 0. The number of hydrogen-bond donors (Lipinski definition) is 1. The first-order valence-corrected chi connectivity index (χ1v) is 6.53. The fourth-order valence-electron chi connectivity index (χ4n) is 2.39. The molecule has 1 fully saturated rings. The highest BCUT2D eigenvalue weighted by Gasteiger charge is 2.24. The molecular weight excluding hydrogens is 212 g/mol. The summed E-state index contributed by atoms with van der Waals surface area (Å²) in [6, 6.07) is 0. The summed E-state index contributed by atoms with van der Waals surface area (Å²) < 4.78 is 0. The SMILES string of the molecule is CCc1nc(N)c(C)c(N2CCC(CC)C2)n1. The number of nitrogen functional groups attached to an aromatic ring is 1. The highest BCUT2D eigenvalue weighted by Crippen LogP contribution is 2.28. The maximum absolute atomic E-state index is 5.95. The van der Waals surface area contributed by atoms with Gasteiger partial charge in [-0.1, -0.05) is 20.3 Å². The number of nitrogens with zero attached hydrogens (tertiary/aromatic N) is 3. The van der Waals surface area contributed by atoms with E-state index in [1.165, 1.54) is 12.8 Å². The van der Waals surface area contributed by atoms with Crippen LogP contribution in [0.5, 0.6) is 0 Å². The standard InChI is InChI=1S/C13H22N4/c1-4-10-6-7-17(8-10)13-9(3)12(14)15-11(5-2)16-13/h10H,4-8H2,1-3H3,(H2,14,15,16). The van der Waals surface area contributed by atoms with Crippen molar-refractivity contribution < 1.29 is 0 Å². The Morgan fingerprint density at radius 2 is 2.12 bits per heavy atom. The lowest BCUT2D eigenvalue weighted by atomic mass is 10.1. The third-order valence-electron chi connectivity index (χ3n) is 3.68. The Morgan fingerprint density at radius 3 is 2.71 bits per heavy atom. The van der Waals surface area contributed by atoms with Gasteiger partial charge in [-0.15, -0.1) is 0 Å². The first kappa shape index (κ1) is 12.1. The van der Waals surface area contributed by atoms with E-state index in [9.17, 15) is 0 Å². The Labute approximate surface area is 103 Å². The van der Waals surface area contributed by atoms with Gasteiger partial charge in [-0.2, -0.15) is 0 Å². The Hall–Kier alpha value is -1.32. The topological polar surface area (TPSA) is 55.0 Å². The van der Waals surface area contributed by atoms with Crippen molar-refractivity contribution in [2.45, 2.75) is 40.0 Å². The predicted molar refractivity (Wildman–Crippen MR) is 71.2 cm³/mol. The highest BCUT2D eigenvalue weighted by molar-refractivity contribution is 5.57. The maximum Gasteiger partial charge on any atom is 0.137 e. The Kier molecular flexibility index (Phi) is 3.50. The molecule has 0 saturated carbocycles. The van der Waals surface area contributed by atoms with Crippen molar-refractivity contribution in [3.05, 3.63) is 11.4 Å². The normalized spacial score (nSPS) is 19.9. The molecule has 1 unspecified atom stereocenters. The summed E-state index contributed by atoms with van der Waals surface area (Å²) in [6.45, 7) is 8.54. The van der Waals surface area contributed by atoms with E-state index in [4.69, 9.17) is 5.73 Å². The quantitative estimate of drug-likeness (QED) is 0.870. The van der Waals surface area contributed by atoms with E-state index < -0.39 is 0 Å².